The molecule has 1 aliphatic rings. The van der Waals surface area contributed by atoms with Gasteiger partial charge in [-0.15, -0.1) is 0 Å². The van der Waals surface area contributed by atoms with Crippen LogP contribution in [0.15, 0.2) is 24.3 Å². The van der Waals surface area contributed by atoms with Crippen molar-refractivity contribution in [3.63, 3.8) is 0 Å². The lowest BCUT2D eigenvalue weighted by Gasteiger charge is -2.26. The first kappa shape index (κ1) is 13.4. The summed E-state index contributed by atoms with van der Waals surface area (Å²) in [6.45, 7) is 3.77. The van der Waals surface area contributed by atoms with Crippen molar-refractivity contribution in [3.8, 4) is 5.75 Å². The van der Waals surface area contributed by atoms with E-state index in [9.17, 15) is 0 Å². The molecule has 3 nitrogen and oxygen atoms in total. The van der Waals surface area contributed by atoms with E-state index in [1.807, 2.05) is 13.1 Å². The molecule has 1 aromatic rings. The maximum absolute atomic E-state index is 6.11. The van der Waals surface area contributed by atoms with Gasteiger partial charge < -0.3 is 14.8 Å². The van der Waals surface area contributed by atoms with Crippen molar-refractivity contribution >= 4 is 0 Å². The molecular formula is C15H23NO2. The molecule has 0 saturated carbocycles. The Kier molecular flexibility index (Phi) is 5.02. The molecule has 0 radical (unpaired) electrons. The Morgan fingerprint density at radius 3 is 2.94 bits per heavy atom. The molecule has 1 aromatic carbocycles. The van der Waals surface area contributed by atoms with Crippen LogP contribution in [0.5, 0.6) is 5.75 Å². The van der Waals surface area contributed by atoms with Gasteiger partial charge in [0.15, 0.2) is 0 Å². The van der Waals surface area contributed by atoms with E-state index >= 15 is 0 Å². The summed E-state index contributed by atoms with van der Waals surface area (Å²) in [6, 6.07) is 8.66. The first-order valence-corrected chi connectivity index (χ1v) is 6.85. The topological polar surface area (TPSA) is 30.5 Å². The maximum Gasteiger partial charge on any atom is 0.124 e. The van der Waals surface area contributed by atoms with Crippen molar-refractivity contribution in [2.75, 3.05) is 20.3 Å². The van der Waals surface area contributed by atoms with Crippen molar-refractivity contribution < 1.29 is 9.47 Å². The van der Waals surface area contributed by atoms with E-state index < -0.39 is 0 Å². The van der Waals surface area contributed by atoms with E-state index in [-0.39, 0.29) is 6.10 Å². The van der Waals surface area contributed by atoms with Crippen LogP contribution in [-0.4, -0.2) is 26.4 Å². The average Bonchev–Trinajstić information content (AvgIpc) is 2.43. The fourth-order valence-electron chi connectivity index (χ4n) is 2.44. The predicted octanol–water partition coefficient (Wildman–Crippen LogP) is 2.91. The smallest absolute Gasteiger partial charge is 0.124 e. The second-order valence-corrected chi connectivity index (χ2v) is 4.74. The van der Waals surface area contributed by atoms with Gasteiger partial charge in [-0.1, -0.05) is 25.1 Å². The van der Waals surface area contributed by atoms with Gasteiger partial charge in [0.1, 0.15) is 11.9 Å². The quantitative estimate of drug-likeness (QED) is 0.870. The first-order valence-electron chi connectivity index (χ1n) is 6.85. The van der Waals surface area contributed by atoms with Gasteiger partial charge in [0.2, 0.25) is 0 Å². The molecule has 0 aliphatic carbocycles. The van der Waals surface area contributed by atoms with Gasteiger partial charge in [-0.25, -0.2) is 0 Å². The molecule has 100 valence electrons. The molecular weight excluding hydrogens is 226 g/mol. The summed E-state index contributed by atoms with van der Waals surface area (Å²) in [7, 11) is 1.99. The molecule has 0 amide bonds. The van der Waals surface area contributed by atoms with Crippen LogP contribution in [0.25, 0.3) is 0 Å². The van der Waals surface area contributed by atoms with Crippen molar-refractivity contribution in [1.29, 1.82) is 0 Å². The van der Waals surface area contributed by atoms with Crippen LogP contribution in [0.3, 0.4) is 0 Å². The highest BCUT2D eigenvalue weighted by atomic mass is 16.5. The predicted molar refractivity (Wildman–Crippen MR) is 73.0 cm³/mol. The summed E-state index contributed by atoms with van der Waals surface area (Å²) in [5, 5.41) is 3.33. The van der Waals surface area contributed by atoms with Gasteiger partial charge in [0.05, 0.1) is 6.61 Å². The first-order chi connectivity index (χ1) is 8.85. The van der Waals surface area contributed by atoms with Crippen molar-refractivity contribution in [2.45, 2.75) is 38.3 Å². The molecule has 1 fully saturated rings. The summed E-state index contributed by atoms with van der Waals surface area (Å²) in [4.78, 5) is 0. The van der Waals surface area contributed by atoms with Gasteiger partial charge in [-0.3, -0.25) is 0 Å². The van der Waals surface area contributed by atoms with Gasteiger partial charge in [-0.2, -0.15) is 0 Å². The summed E-state index contributed by atoms with van der Waals surface area (Å²) in [5.41, 5.74) is 1.24. The number of hydrogen-bond acceptors (Lipinski definition) is 3. The monoisotopic (exact) mass is 249 g/mol. The van der Waals surface area contributed by atoms with E-state index in [2.05, 4.69) is 30.4 Å². The molecule has 1 saturated heterocycles. The number of para-hydroxylation sites is 1. The Morgan fingerprint density at radius 2 is 2.28 bits per heavy atom. The van der Waals surface area contributed by atoms with Crippen molar-refractivity contribution in [3.05, 3.63) is 29.8 Å². The lowest BCUT2D eigenvalue weighted by Crippen LogP contribution is -2.29. The fraction of sp³-hybridized carbons (Fsp3) is 0.600. The lowest BCUT2D eigenvalue weighted by atomic mass is 10.0. The summed E-state index contributed by atoms with van der Waals surface area (Å²) in [6.07, 6.45) is 3.44. The Morgan fingerprint density at radius 1 is 1.44 bits per heavy atom. The van der Waals surface area contributed by atoms with E-state index in [1.54, 1.807) is 0 Å². The number of hydrogen-bond donors (Lipinski definition) is 1. The molecule has 1 heterocycles. The maximum atomic E-state index is 6.11. The third-order valence-corrected chi connectivity index (χ3v) is 3.46. The van der Waals surface area contributed by atoms with Crippen LogP contribution in [0.1, 0.15) is 37.8 Å². The third-order valence-electron chi connectivity index (χ3n) is 3.46. The van der Waals surface area contributed by atoms with Crippen LogP contribution in [-0.2, 0) is 4.74 Å². The normalized spacial score (nSPS) is 21.6. The number of benzene rings is 1. The zero-order valence-corrected chi connectivity index (χ0v) is 11.3. The van der Waals surface area contributed by atoms with Gasteiger partial charge in [0.25, 0.3) is 0 Å². The molecule has 0 aromatic heterocycles. The molecule has 2 unspecified atom stereocenters. The second kappa shape index (κ2) is 6.76. The Balaban J connectivity index is 2.10. The highest BCUT2D eigenvalue weighted by Crippen LogP contribution is 2.28. The summed E-state index contributed by atoms with van der Waals surface area (Å²) in [5.74, 6) is 0.995. The van der Waals surface area contributed by atoms with E-state index in [0.717, 1.165) is 31.6 Å². The van der Waals surface area contributed by atoms with Gasteiger partial charge >= 0.3 is 0 Å². The van der Waals surface area contributed by atoms with Crippen LogP contribution in [0, 0.1) is 0 Å². The van der Waals surface area contributed by atoms with E-state index in [1.165, 1.54) is 5.56 Å². The molecule has 1 aliphatic heterocycles. The van der Waals surface area contributed by atoms with E-state index in [4.69, 9.17) is 9.47 Å². The molecule has 2 atom stereocenters. The van der Waals surface area contributed by atoms with Crippen LogP contribution in [0.2, 0.25) is 0 Å². The van der Waals surface area contributed by atoms with Gasteiger partial charge in [-0.05, 0) is 32.4 Å². The minimum Gasteiger partial charge on any atom is -0.488 e. The van der Waals surface area contributed by atoms with Crippen LogP contribution in [0.4, 0.5) is 0 Å². The highest BCUT2D eigenvalue weighted by Gasteiger charge is 2.18. The largest absolute Gasteiger partial charge is 0.488 e. The highest BCUT2D eigenvalue weighted by molar-refractivity contribution is 5.36. The number of nitrogens with one attached hydrogen (secondary N) is 1. The molecule has 3 heteroatoms. The summed E-state index contributed by atoms with van der Waals surface area (Å²) < 4.78 is 11.6. The van der Waals surface area contributed by atoms with Crippen LogP contribution >= 0.6 is 0 Å². The minimum absolute atomic E-state index is 0.203. The Labute approximate surface area is 109 Å². The molecule has 2 rings (SSSR count). The van der Waals surface area contributed by atoms with Gasteiger partial charge in [0, 0.05) is 18.2 Å². The minimum atomic E-state index is 0.203. The lowest BCUT2D eigenvalue weighted by molar-refractivity contribution is 0.00684. The molecule has 0 spiro atoms. The molecule has 1 N–H and O–H groups in total. The van der Waals surface area contributed by atoms with Crippen LogP contribution < -0.4 is 10.1 Å². The number of ether oxygens (including phenoxy) is 2. The second-order valence-electron chi connectivity index (χ2n) is 4.74. The molecule has 0 bridgehead atoms. The van der Waals surface area contributed by atoms with E-state index in [0.29, 0.717) is 12.6 Å². The zero-order valence-electron chi connectivity index (χ0n) is 11.3. The average molecular weight is 249 g/mol. The third kappa shape index (κ3) is 3.24. The van der Waals surface area contributed by atoms with Crippen molar-refractivity contribution in [1.82, 2.24) is 5.32 Å². The Bertz CT molecular complexity index is 357. The summed E-state index contributed by atoms with van der Waals surface area (Å²) >= 11 is 0. The Hall–Kier alpha value is -1.06. The standard InChI is InChI=1S/C15H23NO2/c1-3-14(16-2)13-8-4-5-9-15(13)18-12-7-6-10-17-11-12/h4-5,8-9,12,14,16H,3,6-7,10-11H2,1-2H3. The number of rotatable bonds is 5. The fourth-order valence-corrected chi connectivity index (χ4v) is 2.44. The zero-order chi connectivity index (χ0) is 12.8. The van der Waals surface area contributed by atoms with Crippen molar-refractivity contribution in [2.24, 2.45) is 0 Å². The molecule has 18 heavy (non-hydrogen) atoms. The SMILES string of the molecule is CCC(NC)c1ccccc1OC1CCCOC1.